The smallest absolute Gasteiger partial charge is 1.00 e. The maximum absolute atomic E-state index is 12.7. The number of carbonyl (C=O) groups is 6. The molecule has 0 saturated heterocycles. The summed E-state index contributed by atoms with van der Waals surface area (Å²) in [6.07, 6.45) is 7.65. The first-order chi connectivity index (χ1) is 40.0. The number of ketones is 4. The van der Waals surface area contributed by atoms with Crippen LogP contribution in [0.4, 0.5) is 0 Å². The van der Waals surface area contributed by atoms with Crippen LogP contribution in [-0.4, -0.2) is 175 Å². The molecule has 0 spiro atoms. The van der Waals surface area contributed by atoms with E-state index in [0.717, 1.165) is 35.1 Å². The SMILES string of the molecule is CCN(CC)CC.CCOC(=O)C1=CC(=O)c2c(cccc2OCC(O)COc2cccc3c2C(=O)C=C(CC)C3)C1.CCOC(=O)C1=CC(=O)c2c(cccc2OCC([O-])COc2cccc3c2C(=O)C=C(CC)C3)C1.O=C=O.O=C=O.[Cl-].[H-].[H-].[Mg+2].[Mg+2]. The molecule has 19 nitrogen and oxygen atoms in total. The molecule has 0 saturated carbocycles. The van der Waals surface area contributed by atoms with Gasteiger partial charge in [0, 0.05) is 24.0 Å². The standard InChI is InChI=1S/C28H28O7.C28H27O7.C6H15N.2CO2.ClH.2Mg.2H/c2*1-3-17-11-18-7-5-9-24(26(18)22(30)12-17)34-15-21(29)16-35-25-10-6-8-19-13-20(28(32)33-4-2)14-23(31)27(19)25;1-4-7(5-2)6-3;2*2-1-3;;;;;/h5-10,12,14,21,29H,3-4,11,13,15-16H2,1-2H3;5-10,12,14,21H,3-4,11,13,15-16H2,1-2H3;4-6H2,1-3H3;;;1H;;;;/q;-1;;;;;2*+2;2*-1/p-1. The summed E-state index contributed by atoms with van der Waals surface area (Å²) in [6.45, 7) is 17.4. The molecule has 0 aromatic heterocycles. The van der Waals surface area contributed by atoms with E-state index >= 15 is 0 Å². The number of esters is 2. The first kappa shape index (κ1) is 77.1. The van der Waals surface area contributed by atoms with E-state index in [-0.39, 0.29) is 155 Å². The van der Waals surface area contributed by atoms with E-state index in [0.29, 0.717) is 74.6 Å². The Morgan fingerprint density at radius 3 is 1.05 bits per heavy atom. The van der Waals surface area contributed by atoms with Gasteiger partial charge in [0.15, 0.2) is 23.1 Å². The summed E-state index contributed by atoms with van der Waals surface area (Å²) in [4.78, 5) is 110. The van der Waals surface area contributed by atoms with Gasteiger partial charge in [-0.25, -0.2) is 9.59 Å². The third-order valence-corrected chi connectivity index (χ3v) is 13.4. The van der Waals surface area contributed by atoms with Crippen LogP contribution in [0.25, 0.3) is 0 Å². The van der Waals surface area contributed by atoms with Crippen molar-refractivity contribution in [2.75, 3.05) is 59.3 Å². The molecule has 8 rings (SSSR count). The second kappa shape index (κ2) is 40.5. The van der Waals surface area contributed by atoms with E-state index in [1.807, 2.05) is 38.1 Å². The Kier molecular flexibility index (Phi) is 36.3. The molecule has 1 N–H and O–H groups in total. The number of allylic oxidation sites excluding steroid dienone is 6. The first-order valence-corrected chi connectivity index (χ1v) is 27.3. The maximum Gasteiger partial charge on any atom is 2.00 e. The van der Waals surface area contributed by atoms with Crippen LogP contribution in [-0.2, 0) is 63.9 Å². The second-order valence-electron chi connectivity index (χ2n) is 18.7. The van der Waals surface area contributed by atoms with Crippen LogP contribution in [0, 0.1) is 0 Å². The fourth-order valence-electron chi connectivity index (χ4n) is 9.24. The van der Waals surface area contributed by atoms with Gasteiger partial charge in [0.25, 0.3) is 0 Å². The zero-order valence-electron chi connectivity index (χ0n) is 51.6. The zero-order valence-corrected chi connectivity index (χ0v) is 53.2. The molecule has 4 aliphatic carbocycles. The van der Waals surface area contributed by atoms with Crippen LogP contribution in [0.3, 0.4) is 0 Å². The van der Waals surface area contributed by atoms with Gasteiger partial charge in [0.1, 0.15) is 42.3 Å². The number of rotatable bonds is 21. The minimum atomic E-state index is -1.24. The quantitative estimate of drug-likeness (QED) is 0.0921. The molecule has 4 aromatic carbocycles. The summed E-state index contributed by atoms with van der Waals surface area (Å²) in [6, 6.07) is 21.1. The predicted octanol–water partition coefficient (Wildman–Crippen LogP) is 3.63. The molecular formula is C64H72ClMg2NO18. The van der Waals surface area contributed by atoms with Crippen molar-refractivity contribution in [1.82, 2.24) is 4.90 Å². The van der Waals surface area contributed by atoms with E-state index < -0.39 is 24.1 Å². The molecule has 0 fully saturated rings. The van der Waals surface area contributed by atoms with E-state index in [1.54, 1.807) is 74.5 Å². The van der Waals surface area contributed by atoms with Gasteiger partial charge in [-0.2, -0.15) is 19.2 Å². The molecule has 0 radical (unpaired) electrons. The Bertz CT molecular complexity index is 2980. The largest absolute Gasteiger partial charge is 2.00 e. The van der Waals surface area contributed by atoms with Crippen LogP contribution in [0.1, 0.15) is 128 Å². The summed E-state index contributed by atoms with van der Waals surface area (Å²) in [7, 11) is 0. The van der Waals surface area contributed by atoms with E-state index in [9.17, 15) is 39.0 Å². The fraction of sp³-hybridized carbons (Fsp3) is 0.375. The maximum atomic E-state index is 12.7. The van der Waals surface area contributed by atoms with Crippen LogP contribution in [0.2, 0.25) is 0 Å². The Labute approximate surface area is 542 Å². The first-order valence-electron chi connectivity index (χ1n) is 27.3. The number of aliphatic hydroxyl groups excluding tert-OH is 1. The average molecular weight is 1230 g/mol. The van der Waals surface area contributed by atoms with Crippen LogP contribution in [0.5, 0.6) is 23.0 Å². The molecular weight excluding hydrogens is 1150 g/mol. The molecule has 0 heterocycles. The monoisotopic (exact) mass is 1230 g/mol. The van der Waals surface area contributed by atoms with Gasteiger partial charge in [-0.3, -0.25) is 19.2 Å². The number of hydrogen-bond donors (Lipinski definition) is 1. The van der Waals surface area contributed by atoms with Crippen molar-refractivity contribution in [3.63, 3.8) is 0 Å². The van der Waals surface area contributed by atoms with E-state index in [4.69, 9.17) is 47.6 Å². The molecule has 4 aliphatic rings. The number of benzene rings is 4. The number of halogens is 1. The van der Waals surface area contributed by atoms with E-state index in [1.165, 1.54) is 31.8 Å². The number of fused-ring (bicyclic) bond motifs is 4. The minimum absolute atomic E-state index is 0. The Hall–Kier alpha value is -6.88. The number of nitrogens with zero attached hydrogens (tertiary/aromatic N) is 1. The summed E-state index contributed by atoms with van der Waals surface area (Å²) in [5.41, 5.74) is 7.62. The molecule has 0 bridgehead atoms. The molecule has 4 aromatic rings. The molecule has 2 unspecified atom stereocenters. The fourth-order valence-corrected chi connectivity index (χ4v) is 9.24. The summed E-state index contributed by atoms with van der Waals surface area (Å²) in [5, 5.41) is 23.0. The number of aliphatic hydroxyl groups is 1. The number of hydrogen-bond acceptors (Lipinski definition) is 19. The molecule has 0 aliphatic heterocycles. The topological polar surface area (TPSA) is 273 Å². The number of carbonyl (C=O) groups excluding carboxylic acids is 10. The third-order valence-electron chi connectivity index (χ3n) is 13.4. The molecule has 22 heteroatoms. The Morgan fingerprint density at radius 1 is 0.500 bits per heavy atom. The van der Waals surface area contributed by atoms with Gasteiger partial charge in [-0.05, 0) is 130 Å². The van der Waals surface area contributed by atoms with Gasteiger partial charge in [-0.15, -0.1) is 0 Å². The molecule has 452 valence electrons. The second-order valence-corrected chi connectivity index (χ2v) is 18.7. The van der Waals surface area contributed by atoms with Crippen molar-refractivity contribution in [3.8, 4) is 23.0 Å². The molecule has 0 amide bonds. The summed E-state index contributed by atoms with van der Waals surface area (Å²) >= 11 is 0. The average Bonchev–Trinajstić information content (AvgIpc) is 3.06. The Balaban J connectivity index is 0. The molecule has 2 atom stereocenters. The van der Waals surface area contributed by atoms with Crippen molar-refractivity contribution < 1.29 is 102 Å². The van der Waals surface area contributed by atoms with Crippen LogP contribution >= 0.6 is 0 Å². The van der Waals surface area contributed by atoms with Crippen LogP contribution in [0.15, 0.2) is 119 Å². The van der Waals surface area contributed by atoms with Crippen molar-refractivity contribution in [1.29, 1.82) is 0 Å². The van der Waals surface area contributed by atoms with Gasteiger partial charge < -0.3 is 58.8 Å². The van der Waals surface area contributed by atoms with Crippen molar-refractivity contribution in [3.05, 3.63) is 164 Å². The van der Waals surface area contributed by atoms with Gasteiger partial charge in [-0.1, -0.05) is 100 Å². The van der Waals surface area contributed by atoms with Gasteiger partial charge >= 0.3 is 70.3 Å². The minimum Gasteiger partial charge on any atom is -1.00 e. The summed E-state index contributed by atoms with van der Waals surface area (Å²) < 4.78 is 33.0. The number of ether oxygens (including phenoxy) is 6. The predicted molar refractivity (Wildman–Crippen MR) is 313 cm³/mol. The van der Waals surface area contributed by atoms with Crippen molar-refractivity contribution in [2.24, 2.45) is 0 Å². The molecule has 86 heavy (non-hydrogen) atoms. The van der Waals surface area contributed by atoms with Crippen molar-refractivity contribution >= 4 is 93.5 Å². The van der Waals surface area contributed by atoms with Crippen LogP contribution < -0.4 is 36.5 Å². The van der Waals surface area contributed by atoms with Crippen molar-refractivity contribution in [2.45, 2.75) is 99.2 Å². The Morgan fingerprint density at radius 2 is 0.779 bits per heavy atom. The normalized spacial score (nSPS) is 13.6. The van der Waals surface area contributed by atoms with Gasteiger partial charge in [0.2, 0.25) is 0 Å². The zero-order chi connectivity index (χ0) is 61.0. The van der Waals surface area contributed by atoms with E-state index in [2.05, 4.69) is 25.7 Å². The summed E-state index contributed by atoms with van der Waals surface area (Å²) in [5.74, 6) is -0.484. The third kappa shape index (κ3) is 22.4. The van der Waals surface area contributed by atoms with Gasteiger partial charge in [0.05, 0.1) is 48.7 Å².